The van der Waals surface area contributed by atoms with Crippen molar-refractivity contribution in [3.8, 4) is 0 Å². The van der Waals surface area contributed by atoms with Gasteiger partial charge in [0.05, 0.1) is 11.9 Å². The monoisotopic (exact) mass is 363 g/mol. The van der Waals surface area contributed by atoms with Crippen molar-refractivity contribution in [1.29, 1.82) is 0 Å². The first-order valence-corrected chi connectivity index (χ1v) is 8.97. The van der Waals surface area contributed by atoms with E-state index < -0.39 is 0 Å². The Hall–Kier alpha value is -3.21. The van der Waals surface area contributed by atoms with Crippen LogP contribution in [0.1, 0.15) is 28.0 Å². The first kappa shape index (κ1) is 18.6. The van der Waals surface area contributed by atoms with E-state index in [9.17, 15) is 9.18 Å². The Morgan fingerprint density at radius 3 is 2.41 bits per heavy atom. The summed E-state index contributed by atoms with van der Waals surface area (Å²) in [4.78, 5) is 16.4. The third-order valence-corrected chi connectivity index (χ3v) is 4.18. The summed E-state index contributed by atoms with van der Waals surface area (Å²) in [7, 11) is 0. The molecule has 1 amide bonds. The van der Waals surface area contributed by atoms with Gasteiger partial charge in [-0.3, -0.25) is 4.79 Å². The van der Waals surface area contributed by atoms with Crippen LogP contribution in [-0.2, 0) is 13.0 Å². The van der Waals surface area contributed by atoms with Crippen molar-refractivity contribution < 1.29 is 9.18 Å². The van der Waals surface area contributed by atoms with Crippen molar-refractivity contribution in [3.05, 3.63) is 95.6 Å². The number of nitrogens with zero attached hydrogens (tertiary/aromatic N) is 1. The lowest BCUT2D eigenvalue weighted by atomic mass is 10.1. The van der Waals surface area contributed by atoms with Crippen LogP contribution in [0.15, 0.2) is 72.9 Å². The number of carbonyl (C=O) groups is 1. The summed E-state index contributed by atoms with van der Waals surface area (Å²) >= 11 is 0. The van der Waals surface area contributed by atoms with Crippen molar-refractivity contribution in [2.75, 3.05) is 11.9 Å². The van der Waals surface area contributed by atoms with Crippen molar-refractivity contribution >= 4 is 11.6 Å². The molecule has 0 aliphatic heterocycles. The minimum atomic E-state index is -0.250. The van der Waals surface area contributed by atoms with Gasteiger partial charge in [-0.05, 0) is 48.2 Å². The van der Waals surface area contributed by atoms with E-state index in [1.165, 1.54) is 17.7 Å². The number of hydrogen-bond acceptors (Lipinski definition) is 3. The van der Waals surface area contributed by atoms with Crippen LogP contribution in [0.25, 0.3) is 0 Å². The average Bonchev–Trinajstić information content (AvgIpc) is 2.72. The van der Waals surface area contributed by atoms with Crippen LogP contribution in [-0.4, -0.2) is 17.4 Å². The van der Waals surface area contributed by atoms with Crippen molar-refractivity contribution in [1.82, 2.24) is 10.3 Å². The van der Waals surface area contributed by atoms with E-state index in [4.69, 9.17) is 0 Å². The molecular weight excluding hydrogens is 341 g/mol. The van der Waals surface area contributed by atoms with Gasteiger partial charge >= 0.3 is 0 Å². The summed E-state index contributed by atoms with van der Waals surface area (Å²) in [5, 5.41) is 6.09. The van der Waals surface area contributed by atoms with E-state index in [1.807, 2.05) is 24.3 Å². The molecule has 0 bridgehead atoms. The fourth-order valence-electron chi connectivity index (χ4n) is 2.67. The highest BCUT2D eigenvalue weighted by Crippen LogP contribution is 2.10. The lowest BCUT2D eigenvalue weighted by Gasteiger charge is -2.08. The second-order valence-corrected chi connectivity index (χ2v) is 6.26. The predicted octanol–water partition coefficient (Wildman–Crippen LogP) is 4.20. The Bertz CT molecular complexity index is 849. The number of anilines is 1. The molecule has 2 N–H and O–H groups in total. The van der Waals surface area contributed by atoms with Gasteiger partial charge in [-0.1, -0.05) is 42.5 Å². The van der Waals surface area contributed by atoms with Crippen LogP contribution >= 0.6 is 0 Å². The third kappa shape index (κ3) is 5.92. The predicted molar refractivity (Wildman–Crippen MR) is 105 cm³/mol. The summed E-state index contributed by atoms with van der Waals surface area (Å²) in [6.07, 6.45) is 3.44. The van der Waals surface area contributed by atoms with E-state index in [0.29, 0.717) is 18.8 Å². The second kappa shape index (κ2) is 9.48. The highest BCUT2D eigenvalue weighted by atomic mass is 19.1. The van der Waals surface area contributed by atoms with Crippen LogP contribution in [0.4, 0.5) is 10.1 Å². The molecule has 0 aliphatic carbocycles. The van der Waals surface area contributed by atoms with E-state index in [2.05, 4.69) is 27.8 Å². The number of amides is 1. The largest absolute Gasteiger partial charge is 0.380 e. The lowest BCUT2D eigenvalue weighted by molar-refractivity contribution is 0.0948. The fraction of sp³-hybridized carbons (Fsp3) is 0.182. The van der Waals surface area contributed by atoms with Crippen LogP contribution in [0, 0.1) is 5.82 Å². The molecular formula is C22H22FN3O. The summed E-state index contributed by atoms with van der Waals surface area (Å²) in [5.41, 5.74) is 3.43. The van der Waals surface area contributed by atoms with E-state index >= 15 is 0 Å². The number of rotatable bonds is 8. The number of aromatic nitrogens is 1. The maximum Gasteiger partial charge on any atom is 0.269 e. The Kier molecular flexibility index (Phi) is 6.52. The number of nitrogens with one attached hydrogen (secondary N) is 2. The van der Waals surface area contributed by atoms with Crippen LogP contribution in [0.5, 0.6) is 0 Å². The smallest absolute Gasteiger partial charge is 0.269 e. The normalized spacial score (nSPS) is 10.4. The Morgan fingerprint density at radius 2 is 1.70 bits per heavy atom. The molecule has 3 aromatic rings. The highest BCUT2D eigenvalue weighted by Gasteiger charge is 2.06. The summed E-state index contributed by atoms with van der Waals surface area (Å²) < 4.78 is 12.9. The molecule has 0 aliphatic rings. The third-order valence-electron chi connectivity index (χ3n) is 4.18. The van der Waals surface area contributed by atoms with Gasteiger partial charge in [0, 0.05) is 13.1 Å². The summed E-state index contributed by atoms with van der Waals surface area (Å²) in [6.45, 7) is 1.17. The first-order chi connectivity index (χ1) is 13.2. The molecule has 3 rings (SSSR count). The van der Waals surface area contributed by atoms with Gasteiger partial charge in [0.1, 0.15) is 11.5 Å². The zero-order valence-electron chi connectivity index (χ0n) is 15.0. The molecule has 0 radical (unpaired) electrons. The second-order valence-electron chi connectivity index (χ2n) is 6.26. The molecule has 138 valence electrons. The van der Waals surface area contributed by atoms with E-state index in [1.54, 1.807) is 24.4 Å². The van der Waals surface area contributed by atoms with E-state index in [-0.39, 0.29) is 11.7 Å². The standard InChI is InChI=1S/C22H22FN3O/c23-19-10-8-18(9-11-19)15-25-20-12-13-21(26-16-20)22(27)24-14-4-7-17-5-2-1-3-6-17/h1-3,5-6,8-13,16,25H,4,7,14-15H2,(H,24,27). The zero-order chi connectivity index (χ0) is 18.9. The van der Waals surface area contributed by atoms with Crippen molar-refractivity contribution in [2.45, 2.75) is 19.4 Å². The molecule has 0 spiro atoms. The molecule has 2 aromatic carbocycles. The minimum Gasteiger partial charge on any atom is -0.380 e. The van der Waals surface area contributed by atoms with Gasteiger partial charge in [-0.25, -0.2) is 9.37 Å². The lowest BCUT2D eigenvalue weighted by Crippen LogP contribution is -2.25. The number of hydrogen-bond donors (Lipinski definition) is 2. The van der Waals surface area contributed by atoms with Gasteiger partial charge in [0.15, 0.2) is 0 Å². The molecule has 27 heavy (non-hydrogen) atoms. The number of halogens is 1. The average molecular weight is 363 g/mol. The molecule has 1 aromatic heterocycles. The van der Waals surface area contributed by atoms with E-state index in [0.717, 1.165) is 24.1 Å². The van der Waals surface area contributed by atoms with Gasteiger partial charge in [-0.2, -0.15) is 0 Å². The van der Waals surface area contributed by atoms with Crippen LogP contribution in [0.2, 0.25) is 0 Å². The molecule has 0 unspecified atom stereocenters. The van der Waals surface area contributed by atoms with Gasteiger partial charge in [0.2, 0.25) is 0 Å². The van der Waals surface area contributed by atoms with Crippen molar-refractivity contribution in [3.63, 3.8) is 0 Å². The number of benzene rings is 2. The molecule has 0 saturated heterocycles. The van der Waals surface area contributed by atoms with Gasteiger partial charge < -0.3 is 10.6 Å². The molecule has 0 atom stereocenters. The van der Waals surface area contributed by atoms with Gasteiger partial charge in [-0.15, -0.1) is 0 Å². The summed E-state index contributed by atoms with van der Waals surface area (Å²) in [5.74, 6) is -0.423. The Balaban J connectivity index is 1.42. The van der Waals surface area contributed by atoms with Crippen LogP contribution in [0.3, 0.4) is 0 Å². The Labute approximate surface area is 158 Å². The number of pyridine rings is 1. The van der Waals surface area contributed by atoms with Gasteiger partial charge in [0.25, 0.3) is 5.91 Å². The molecule has 0 saturated carbocycles. The molecule has 1 heterocycles. The maximum absolute atomic E-state index is 12.9. The SMILES string of the molecule is O=C(NCCCc1ccccc1)c1ccc(NCc2ccc(F)cc2)cn1. The van der Waals surface area contributed by atoms with Crippen LogP contribution < -0.4 is 10.6 Å². The fourth-order valence-corrected chi connectivity index (χ4v) is 2.67. The highest BCUT2D eigenvalue weighted by molar-refractivity contribution is 5.92. The zero-order valence-corrected chi connectivity index (χ0v) is 15.0. The first-order valence-electron chi connectivity index (χ1n) is 8.97. The maximum atomic E-state index is 12.9. The topological polar surface area (TPSA) is 54.0 Å². The molecule has 4 nitrogen and oxygen atoms in total. The molecule has 5 heteroatoms. The van der Waals surface area contributed by atoms with Crippen molar-refractivity contribution in [2.24, 2.45) is 0 Å². The quantitative estimate of drug-likeness (QED) is 0.590. The number of carbonyl (C=O) groups excluding carboxylic acids is 1. The number of aryl methyl sites for hydroxylation is 1. The minimum absolute atomic E-state index is 0.173. The molecule has 0 fully saturated rings. The summed E-state index contributed by atoms with van der Waals surface area (Å²) in [6, 6.07) is 20.0. The Morgan fingerprint density at radius 1 is 0.926 bits per heavy atom.